The van der Waals surface area contributed by atoms with Crippen LogP contribution in [0, 0.1) is 0 Å². The lowest BCUT2D eigenvalue weighted by Gasteiger charge is -2.28. The molecule has 1 aromatic heterocycles. The summed E-state index contributed by atoms with van der Waals surface area (Å²) in [6.07, 6.45) is 2.38. The molecule has 0 radical (unpaired) electrons. The molecule has 2 nitrogen and oxygen atoms in total. The Hall–Kier alpha value is -0.960. The van der Waals surface area contributed by atoms with Crippen LogP contribution >= 0.6 is 23.2 Å². The lowest BCUT2D eigenvalue weighted by atomic mass is 9.79. The summed E-state index contributed by atoms with van der Waals surface area (Å²) < 4.78 is 5.39. The molecule has 1 unspecified atom stereocenters. The van der Waals surface area contributed by atoms with Gasteiger partial charge in [-0.1, -0.05) is 30.1 Å². The molecule has 0 aliphatic carbocycles. The quantitative estimate of drug-likeness (QED) is 0.920. The van der Waals surface area contributed by atoms with Gasteiger partial charge in [0.05, 0.1) is 6.26 Å². The Morgan fingerprint density at radius 3 is 2.39 bits per heavy atom. The Morgan fingerprint density at radius 1 is 1.22 bits per heavy atom. The predicted octanol–water partition coefficient (Wildman–Crippen LogP) is 4.05. The van der Waals surface area contributed by atoms with E-state index in [2.05, 4.69) is 6.92 Å². The van der Waals surface area contributed by atoms with Crippen LogP contribution in [0.25, 0.3) is 0 Å². The normalized spacial score (nSPS) is 14.4. The van der Waals surface area contributed by atoms with Crippen molar-refractivity contribution in [2.45, 2.75) is 18.8 Å². The Bertz CT molecular complexity index is 504. The van der Waals surface area contributed by atoms with Gasteiger partial charge in [-0.2, -0.15) is 0 Å². The molecule has 2 N–H and O–H groups in total. The lowest BCUT2D eigenvalue weighted by Crippen LogP contribution is -2.34. The monoisotopic (exact) mass is 283 g/mol. The Balaban J connectivity index is 2.36. The van der Waals surface area contributed by atoms with E-state index >= 15 is 0 Å². The molecule has 1 aromatic carbocycles. The van der Waals surface area contributed by atoms with E-state index in [0.29, 0.717) is 23.0 Å². The number of hydrogen-bond donors (Lipinski definition) is 1. The molecular formula is C14H15Cl2NO. The van der Waals surface area contributed by atoms with Gasteiger partial charge in [0.2, 0.25) is 0 Å². The molecule has 4 heteroatoms. The highest BCUT2D eigenvalue weighted by Crippen LogP contribution is 2.31. The molecule has 0 fully saturated rings. The van der Waals surface area contributed by atoms with Gasteiger partial charge < -0.3 is 10.2 Å². The van der Waals surface area contributed by atoms with Crippen molar-refractivity contribution in [3.8, 4) is 0 Å². The summed E-state index contributed by atoms with van der Waals surface area (Å²) in [5, 5.41) is 1.24. The minimum Gasteiger partial charge on any atom is -0.469 e. The average molecular weight is 284 g/mol. The number of furan rings is 1. The summed E-state index contributed by atoms with van der Waals surface area (Å²) in [7, 11) is 0. The molecule has 0 saturated heterocycles. The smallest absolute Gasteiger partial charge is 0.104 e. The van der Waals surface area contributed by atoms with Crippen molar-refractivity contribution in [2.75, 3.05) is 6.54 Å². The highest BCUT2D eigenvalue weighted by Gasteiger charge is 2.27. The number of halogens is 2. The molecule has 18 heavy (non-hydrogen) atoms. The third kappa shape index (κ3) is 2.89. The molecule has 0 aliphatic heterocycles. The van der Waals surface area contributed by atoms with Gasteiger partial charge in [-0.25, -0.2) is 0 Å². The first kappa shape index (κ1) is 13.5. The van der Waals surface area contributed by atoms with E-state index in [1.54, 1.807) is 12.3 Å². The molecule has 1 atom stereocenters. The maximum atomic E-state index is 6.05. The summed E-state index contributed by atoms with van der Waals surface area (Å²) >= 11 is 12.1. The first-order chi connectivity index (χ1) is 8.53. The third-order valence-electron chi connectivity index (χ3n) is 3.15. The van der Waals surface area contributed by atoms with E-state index in [4.69, 9.17) is 33.4 Å². The number of hydrogen-bond acceptors (Lipinski definition) is 2. The third-order valence-corrected chi connectivity index (χ3v) is 3.59. The van der Waals surface area contributed by atoms with Gasteiger partial charge in [-0.15, -0.1) is 0 Å². The second kappa shape index (κ2) is 5.35. The predicted molar refractivity (Wildman–Crippen MR) is 75.3 cm³/mol. The van der Waals surface area contributed by atoms with Crippen LogP contribution in [0.15, 0.2) is 41.0 Å². The van der Waals surface area contributed by atoms with Crippen LogP contribution in [0.5, 0.6) is 0 Å². The van der Waals surface area contributed by atoms with Crippen molar-refractivity contribution in [3.05, 3.63) is 58.0 Å². The van der Waals surface area contributed by atoms with Gasteiger partial charge in [-0.05, 0) is 35.9 Å². The molecular weight excluding hydrogens is 269 g/mol. The second-order valence-corrected chi connectivity index (χ2v) is 5.55. The van der Waals surface area contributed by atoms with Crippen molar-refractivity contribution in [3.63, 3.8) is 0 Å². The van der Waals surface area contributed by atoms with Gasteiger partial charge in [0.1, 0.15) is 5.76 Å². The first-order valence-corrected chi connectivity index (χ1v) is 6.48. The summed E-state index contributed by atoms with van der Waals surface area (Å²) in [6.45, 7) is 2.57. The fourth-order valence-corrected chi connectivity index (χ4v) is 2.52. The van der Waals surface area contributed by atoms with E-state index in [-0.39, 0.29) is 5.41 Å². The van der Waals surface area contributed by atoms with Gasteiger partial charge in [0.25, 0.3) is 0 Å². The average Bonchev–Trinajstić information content (AvgIpc) is 2.80. The topological polar surface area (TPSA) is 39.2 Å². The van der Waals surface area contributed by atoms with Crippen molar-refractivity contribution in [2.24, 2.45) is 5.73 Å². The number of nitrogens with two attached hydrogens (primary N) is 1. The van der Waals surface area contributed by atoms with Crippen LogP contribution in [0.1, 0.15) is 18.2 Å². The van der Waals surface area contributed by atoms with Gasteiger partial charge in [-0.3, -0.25) is 0 Å². The fraction of sp³-hybridized carbons (Fsp3) is 0.286. The van der Waals surface area contributed by atoms with Crippen molar-refractivity contribution in [1.82, 2.24) is 0 Å². The summed E-state index contributed by atoms with van der Waals surface area (Å²) in [6, 6.07) is 9.35. The first-order valence-electron chi connectivity index (χ1n) is 5.72. The van der Waals surface area contributed by atoms with E-state index in [1.807, 2.05) is 24.3 Å². The summed E-state index contributed by atoms with van der Waals surface area (Å²) in [5.41, 5.74) is 6.71. The largest absolute Gasteiger partial charge is 0.469 e. The van der Waals surface area contributed by atoms with Crippen LogP contribution in [-0.2, 0) is 11.8 Å². The molecule has 0 spiro atoms. The maximum Gasteiger partial charge on any atom is 0.104 e. The van der Waals surface area contributed by atoms with Crippen molar-refractivity contribution >= 4 is 23.2 Å². The standard InChI is InChI=1S/C14H15Cl2NO/c1-14(9-17,8-13-3-2-4-18-13)10-5-11(15)7-12(16)6-10/h2-7H,8-9,17H2,1H3. The zero-order valence-corrected chi connectivity index (χ0v) is 11.6. The van der Waals surface area contributed by atoms with E-state index in [0.717, 1.165) is 11.3 Å². The van der Waals surface area contributed by atoms with E-state index < -0.39 is 0 Å². The molecule has 0 aliphatic rings. The molecule has 1 heterocycles. The SMILES string of the molecule is CC(CN)(Cc1ccco1)c1cc(Cl)cc(Cl)c1. The Kier molecular flexibility index (Phi) is 4.00. The molecule has 2 rings (SSSR count). The second-order valence-electron chi connectivity index (χ2n) is 4.68. The Morgan fingerprint density at radius 2 is 1.89 bits per heavy atom. The number of benzene rings is 1. The van der Waals surface area contributed by atoms with Gasteiger partial charge >= 0.3 is 0 Å². The van der Waals surface area contributed by atoms with Gasteiger partial charge in [0.15, 0.2) is 0 Å². The van der Waals surface area contributed by atoms with Gasteiger partial charge in [0, 0.05) is 28.4 Å². The minimum absolute atomic E-state index is 0.244. The van der Waals surface area contributed by atoms with Crippen LogP contribution in [0.3, 0.4) is 0 Å². The van der Waals surface area contributed by atoms with Crippen LogP contribution in [-0.4, -0.2) is 6.54 Å². The molecule has 0 bridgehead atoms. The summed E-state index contributed by atoms with van der Waals surface area (Å²) in [4.78, 5) is 0. The molecule has 0 amide bonds. The fourth-order valence-electron chi connectivity index (χ4n) is 1.99. The van der Waals surface area contributed by atoms with Crippen molar-refractivity contribution in [1.29, 1.82) is 0 Å². The van der Waals surface area contributed by atoms with Crippen LogP contribution in [0.2, 0.25) is 10.0 Å². The van der Waals surface area contributed by atoms with E-state index in [1.165, 1.54) is 0 Å². The van der Waals surface area contributed by atoms with Crippen LogP contribution < -0.4 is 5.73 Å². The molecule has 0 saturated carbocycles. The highest BCUT2D eigenvalue weighted by atomic mass is 35.5. The maximum absolute atomic E-state index is 6.05. The van der Waals surface area contributed by atoms with E-state index in [9.17, 15) is 0 Å². The van der Waals surface area contributed by atoms with Crippen LogP contribution in [0.4, 0.5) is 0 Å². The summed E-state index contributed by atoms with van der Waals surface area (Å²) in [5.74, 6) is 0.902. The minimum atomic E-state index is -0.244. The zero-order valence-electron chi connectivity index (χ0n) is 10.1. The lowest BCUT2D eigenvalue weighted by molar-refractivity contribution is 0.412. The van der Waals surface area contributed by atoms with Crippen molar-refractivity contribution < 1.29 is 4.42 Å². The zero-order chi connectivity index (χ0) is 13.2. The molecule has 2 aromatic rings. The highest BCUT2D eigenvalue weighted by molar-refractivity contribution is 6.34. The number of rotatable bonds is 4. The Labute approximate surface area is 117 Å². The molecule has 96 valence electrons.